The van der Waals surface area contributed by atoms with E-state index in [4.69, 9.17) is 0 Å². The average molecular weight is 455 g/mol. The zero-order valence-electron chi connectivity index (χ0n) is 19.0. The van der Waals surface area contributed by atoms with Gasteiger partial charge in [0.05, 0.1) is 12.1 Å². The Bertz CT molecular complexity index is 1280. The number of rotatable bonds is 10. The van der Waals surface area contributed by atoms with Crippen LogP contribution in [0.4, 0.5) is 0 Å². The fourth-order valence-electron chi connectivity index (χ4n) is 3.77. The lowest BCUT2D eigenvalue weighted by molar-refractivity contribution is 0.0697. The van der Waals surface area contributed by atoms with Gasteiger partial charge < -0.3 is 5.11 Å². The normalized spacial score (nSPS) is 10.9. The van der Waals surface area contributed by atoms with Crippen LogP contribution in [-0.2, 0) is 19.4 Å². The van der Waals surface area contributed by atoms with E-state index < -0.39 is 5.97 Å². The van der Waals surface area contributed by atoms with Gasteiger partial charge in [0.1, 0.15) is 5.82 Å². The smallest absolute Gasteiger partial charge is 0.336 e. The number of carbonyl (C=O) groups is 2. The molecule has 0 saturated heterocycles. The monoisotopic (exact) mass is 454 g/mol. The molecule has 2 heterocycles. The highest BCUT2D eigenvalue weighted by atomic mass is 16.4. The number of carboxylic acid groups (broad SMARTS) is 1. The molecule has 7 nitrogen and oxygen atoms in total. The fraction of sp³-hybridized carbons (Fsp3) is 0.222. The molecule has 0 fully saturated rings. The number of unbranched alkanes of at least 4 members (excludes halogenated alkanes) is 1. The summed E-state index contributed by atoms with van der Waals surface area (Å²) in [5, 5.41) is 14.0. The molecule has 1 N–H and O–H groups in total. The lowest BCUT2D eigenvalue weighted by atomic mass is 10.0. The zero-order chi connectivity index (χ0) is 23.9. The van der Waals surface area contributed by atoms with Crippen molar-refractivity contribution in [3.05, 3.63) is 101 Å². The fourth-order valence-corrected chi connectivity index (χ4v) is 3.77. The summed E-state index contributed by atoms with van der Waals surface area (Å²) in [5.41, 5.74) is 3.47. The number of carboxylic acids is 1. The molecular weight excluding hydrogens is 428 g/mol. The largest absolute Gasteiger partial charge is 0.478 e. The number of nitrogens with zero attached hydrogens (tertiary/aromatic N) is 4. The Morgan fingerprint density at radius 3 is 2.44 bits per heavy atom. The molecule has 0 spiro atoms. The minimum Gasteiger partial charge on any atom is -0.478 e. The molecule has 172 valence electrons. The van der Waals surface area contributed by atoms with Crippen molar-refractivity contribution in [1.82, 2.24) is 19.7 Å². The van der Waals surface area contributed by atoms with E-state index in [0.717, 1.165) is 41.8 Å². The first-order valence-electron chi connectivity index (χ1n) is 11.3. The second-order valence-electron chi connectivity index (χ2n) is 8.12. The summed E-state index contributed by atoms with van der Waals surface area (Å²) in [4.78, 5) is 33.0. The lowest BCUT2D eigenvalue weighted by Crippen LogP contribution is -2.09. The van der Waals surface area contributed by atoms with Crippen molar-refractivity contribution in [1.29, 1.82) is 0 Å². The van der Waals surface area contributed by atoms with Crippen LogP contribution < -0.4 is 0 Å². The molecule has 34 heavy (non-hydrogen) atoms. The van der Waals surface area contributed by atoms with Crippen LogP contribution >= 0.6 is 0 Å². The Labute approximate surface area is 198 Å². The zero-order valence-corrected chi connectivity index (χ0v) is 19.0. The third-order valence-electron chi connectivity index (χ3n) is 5.61. The Balaban J connectivity index is 1.55. The van der Waals surface area contributed by atoms with Crippen molar-refractivity contribution in [3.63, 3.8) is 0 Å². The lowest BCUT2D eigenvalue weighted by Gasteiger charge is -2.08. The van der Waals surface area contributed by atoms with Gasteiger partial charge >= 0.3 is 5.97 Å². The number of hydrogen-bond acceptors (Lipinski definition) is 5. The van der Waals surface area contributed by atoms with Gasteiger partial charge in [-0.05, 0) is 29.2 Å². The van der Waals surface area contributed by atoms with E-state index in [1.165, 1.54) is 12.3 Å². The van der Waals surface area contributed by atoms with Gasteiger partial charge in [0.15, 0.2) is 0 Å². The first-order valence-corrected chi connectivity index (χ1v) is 11.3. The molecule has 2 aromatic carbocycles. The summed E-state index contributed by atoms with van der Waals surface area (Å²) in [5.74, 6) is -0.0519. The molecule has 4 aromatic rings. The van der Waals surface area contributed by atoms with Crippen molar-refractivity contribution in [2.75, 3.05) is 0 Å². The summed E-state index contributed by atoms with van der Waals surface area (Å²) in [6, 6.07) is 18.7. The van der Waals surface area contributed by atoms with Crippen LogP contribution in [0.3, 0.4) is 0 Å². The summed E-state index contributed by atoms with van der Waals surface area (Å²) >= 11 is 0. The van der Waals surface area contributed by atoms with Crippen molar-refractivity contribution < 1.29 is 14.7 Å². The molecule has 0 saturated carbocycles. The highest BCUT2D eigenvalue weighted by Crippen LogP contribution is 2.23. The first kappa shape index (κ1) is 23.0. The van der Waals surface area contributed by atoms with Gasteiger partial charge in [-0.2, -0.15) is 0 Å². The number of aromatic carboxylic acids is 1. The second kappa shape index (κ2) is 10.7. The highest BCUT2D eigenvalue weighted by molar-refractivity contribution is 5.95. The predicted octanol–water partition coefficient (Wildman–Crippen LogP) is 4.85. The van der Waals surface area contributed by atoms with Crippen LogP contribution in [0.5, 0.6) is 0 Å². The van der Waals surface area contributed by atoms with Crippen LogP contribution in [0.25, 0.3) is 11.1 Å². The van der Waals surface area contributed by atoms with Gasteiger partial charge in [0.2, 0.25) is 11.6 Å². The van der Waals surface area contributed by atoms with E-state index in [9.17, 15) is 14.7 Å². The predicted molar refractivity (Wildman–Crippen MR) is 129 cm³/mol. The van der Waals surface area contributed by atoms with E-state index in [0.29, 0.717) is 12.1 Å². The summed E-state index contributed by atoms with van der Waals surface area (Å²) in [6.45, 7) is 2.59. The summed E-state index contributed by atoms with van der Waals surface area (Å²) in [7, 11) is 0. The van der Waals surface area contributed by atoms with E-state index in [1.807, 2.05) is 54.6 Å². The third-order valence-corrected chi connectivity index (χ3v) is 5.61. The summed E-state index contributed by atoms with van der Waals surface area (Å²) < 4.78 is 1.80. The maximum atomic E-state index is 12.8. The van der Waals surface area contributed by atoms with Crippen LogP contribution in [-0.4, -0.2) is 36.6 Å². The quantitative estimate of drug-likeness (QED) is 0.344. The van der Waals surface area contributed by atoms with Crippen LogP contribution in [0.2, 0.25) is 0 Å². The maximum Gasteiger partial charge on any atom is 0.336 e. The van der Waals surface area contributed by atoms with Crippen molar-refractivity contribution >= 4 is 11.8 Å². The maximum absolute atomic E-state index is 12.8. The molecule has 0 unspecified atom stereocenters. The molecule has 7 heteroatoms. The second-order valence-corrected chi connectivity index (χ2v) is 8.12. The first-order chi connectivity index (χ1) is 16.5. The molecule has 0 aliphatic carbocycles. The van der Waals surface area contributed by atoms with Gasteiger partial charge in [0, 0.05) is 30.8 Å². The highest BCUT2D eigenvalue weighted by Gasteiger charge is 2.17. The Morgan fingerprint density at radius 1 is 0.971 bits per heavy atom. The Hall–Kier alpha value is -4.13. The van der Waals surface area contributed by atoms with E-state index >= 15 is 0 Å². The number of carbonyl (C=O) groups excluding carboxylic acids is 1. The molecular formula is C27H26N4O3. The molecule has 2 aromatic heterocycles. The van der Waals surface area contributed by atoms with E-state index in [-0.39, 0.29) is 23.6 Å². The van der Waals surface area contributed by atoms with E-state index in [1.54, 1.807) is 10.9 Å². The van der Waals surface area contributed by atoms with E-state index in [2.05, 4.69) is 22.0 Å². The van der Waals surface area contributed by atoms with Crippen LogP contribution in [0, 0.1) is 0 Å². The number of pyridine rings is 1. The van der Waals surface area contributed by atoms with Gasteiger partial charge in [-0.15, -0.1) is 5.10 Å². The average Bonchev–Trinajstić information content (AvgIpc) is 3.26. The topological polar surface area (TPSA) is 98.0 Å². The van der Waals surface area contributed by atoms with Crippen molar-refractivity contribution in [2.45, 2.75) is 39.2 Å². The molecule has 0 bridgehead atoms. The van der Waals surface area contributed by atoms with Gasteiger partial charge in [0.25, 0.3) is 0 Å². The molecule has 0 atom stereocenters. The molecule has 4 rings (SSSR count). The molecule has 0 radical (unpaired) electrons. The number of benzene rings is 2. The van der Waals surface area contributed by atoms with Crippen LogP contribution in [0.15, 0.2) is 73.1 Å². The number of aromatic nitrogens is 4. The Morgan fingerprint density at radius 2 is 1.74 bits per heavy atom. The standard InChI is InChI=1S/C27H26N4O3/c1-2-3-9-25-29-26(24(32)16-19-7-5-4-6-8-19)30-31(25)18-20-10-12-21(13-11-20)23-17-28-15-14-22(23)27(33)34/h4-8,10-15,17H,2-3,9,16,18H2,1H3,(H,33,34). The van der Waals surface area contributed by atoms with Crippen molar-refractivity contribution in [3.8, 4) is 11.1 Å². The Kier molecular flexibility index (Phi) is 7.22. The third kappa shape index (κ3) is 5.43. The van der Waals surface area contributed by atoms with Crippen molar-refractivity contribution in [2.24, 2.45) is 0 Å². The summed E-state index contributed by atoms with van der Waals surface area (Å²) in [6.07, 6.45) is 6.03. The minimum absolute atomic E-state index is 0.101. The molecule has 0 aliphatic rings. The SMILES string of the molecule is CCCCc1nc(C(=O)Cc2ccccc2)nn1Cc1ccc(-c2cnccc2C(=O)O)cc1. The number of ketones is 1. The molecule has 0 aliphatic heterocycles. The minimum atomic E-state index is -0.989. The number of hydrogen-bond donors (Lipinski definition) is 1. The number of aryl methyl sites for hydroxylation is 1. The van der Waals surface area contributed by atoms with Gasteiger partial charge in [-0.1, -0.05) is 67.9 Å². The molecule has 0 amide bonds. The van der Waals surface area contributed by atoms with Gasteiger partial charge in [-0.3, -0.25) is 9.78 Å². The van der Waals surface area contributed by atoms with Crippen LogP contribution in [0.1, 0.15) is 57.7 Å². The number of Topliss-reactive ketones (excluding diaryl/α,β-unsaturated/α-hetero) is 1. The van der Waals surface area contributed by atoms with Gasteiger partial charge in [-0.25, -0.2) is 14.5 Å².